The first-order chi connectivity index (χ1) is 12.6. The van der Waals surface area contributed by atoms with Crippen LogP contribution in [0.5, 0.6) is 0 Å². The van der Waals surface area contributed by atoms with Crippen LogP contribution in [0.2, 0.25) is 0 Å². The number of aryl methyl sites for hydroxylation is 1. The molecule has 2 aromatic heterocycles. The predicted molar refractivity (Wildman–Crippen MR) is 95.4 cm³/mol. The molecule has 0 saturated heterocycles. The van der Waals surface area contributed by atoms with Crippen molar-refractivity contribution in [3.05, 3.63) is 78.1 Å². The predicted octanol–water partition coefficient (Wildman–Crippen LogP) is 2.83. The highest BCUT2D eigenvalue weighted by molar-refractivity contribution is 5.92. The molecule has 4 aromatic rings. The number of benzene rings is 2. The number of nitrogens with zero attached hydrogens (tertiary/aromatic N) is 4. The average Bonchev–Trinajstić information content (AvgIpc) is 3.26. The van der Waals surface area contributed by atoms with Crippen LogP contribution in [0.4, 0.5) is 4.39 Å². The molecule has 0 bridgehead atoms. The third-order valence-corrected chi connectivity index (χ3v) is 4.19. The van der Waals surface area contributed by atoms with Crippen LogP contribution in [0.3, 0.4) is 0 Å². The Morgan fingerprint density at radius 1 is 1.15 bits per heavy atom. The van der Waals surface area contributed by atoms with E-state index in [1.807, 2.05) is 41.9 Å². The SMILES string of the molecule is Cn1c(CNC(=O)c2ccn(-c3ccccc3)n2)nc2cc(F)ccc21. The van der Waals surface area contributed by atoms with Gasteiger partial charge in [-0.05, 0) is 30.3 Å². The van der Waals surface area contributed by atoms with E-state index in [0.717, 1.165) is 11.2 Å². The summed E-state index contributed by atoms with van der Waals surface area (Å²) in [5.74, 6) is 0.0111. The third kappa shape index (κ3) is 2.95. The van der Waals surface area contributed by atoms with Gasteiger partial charge in [0.2, 0.25) is 0 Å². The molecule has 4 rings (SSSR count). The van der Waals surface area contributed by atoms with Gasteiger partial charge in [-0.25, -0.2) is 14.1 Å². The Kier molecular flexibility index (Phi) is 3.96. The monoisotopic (exact) mass is 349 g/mol. The van der Waals surface area contributed by atoms with E-state index in [4.69, 9.17) is 0 Å². The zero-order chi connectivity index (χ0) is 18.1. The van der Waals surface area contributed by atoms with Crippen LogP contribution in [0.25, 0.3) is 16.7 Å². The highest BCUT2D eigenvalue weighted by Gasteiger charge is 2.13. The van der Waals surface area contributed by atoms with E-state index in [9.17, 15) is 9.18 Å². The number of carbonyl (C=O) groups is 1. The van der Waals surface area contributed by atoms with Gasteiger partial charge >= 0.3 is 0 Å². The molecule has 0 spiro atoms. The summed E-state index contributed by atoms with van der Waals surface area (Å²) in [6.45, 7) is 0.226. The number of imidazole rings is 1. The lowest BCUT2D eigenvalue weighted by Crippen LogP contribution is -2.25. The lowest BCUT2D eigenvalue weighted by atomic mass is 10.3. The number of halogens is 1. The van der Waals surface area contributed by atoms with E-state index in [-0.39, 0.29) is 18.3 Å². The van der Waals surface area contributed by atoms with Gasteiger partial charge in [0.25, 0.3) is 5.91 Å². The van der Waals surface area contributed by atoms with Crippen molar-refractivity contribution in [3.8, 4) is 5.69 Å². The van der Waals surface area contributed by atoms with Crippen LogP contribution in [-0.4, -0.2) is 25.2 Å². The molecule has 1 amide bonds. The van der Waals surface area contributed by atoms with Crippen molar-refractivity contribution >= 4 is 16.9 Å². The normalized spacial score (nSPS) is 11.0. The van der Waals surface area contributed by atoms with E-state index in [2.05, 4.69) is 15.4 Å². The Morgan fingerprint density at radius 2 is 1.96 bits per heavy atom. The fourth-order valence-corrected chi connectivity index (χ4v) is 2.80. The maximum absolute atomic E-state index is 13.3. The maximum Gasteiger partial charge on any atom is 0.272 e. The number of carbonyl (C=O) groups excluding carboxylic acids is 1. The minimum Gasteiger partial charge on any atom is -0.343 e. The molecular weight excluding hydrogens is 333 g/mol. The summed E-state index contributed by atoms with van der Waals surface area (Å²) in [6, 6.07) is 15.7. The van der Waals surface area contributed by atoms with Crippen LogP contribution in [0.15, 0.2) is 60.8 Å². The molecule has 2 heterocycles. The zero-order valence-corrected chi connectivity index (χ0v) is 14.1. The quantitative estimate of drug-likeness (QED) is 0.616. The number of fused-ring (bicyclic) bond motifs is 1. The second-order valence-electron chi connectivity index (χ2n) is 5.88. The van der Waals surface area contributed by atoms with E-state index < -0.39 is 0 Å². The van der Waals surface area contributed by atoms with Gasteiger partial charge in [-0.15, -0.1) is 0 Å². The van der Waals surface area contributed by atoms with Crippen LogP contribution in [0.1, 0.15) is 16.3 Å². The second kappa shape index (κ2) is 6.44. The van der Waals surface area contributed by atoms with Crippen molar-refractivity contribution in [2.24, 2.45) is 7.05 Å². The molecule has 2 aromatic carbocycles. The molecule has 0 unspecified atom stereocenters. The highest BCUT2D eigenvalue weighted by Crippen LogP contribution is 2.16. The van der Waals surface area contributed by atoms with Crippen molar-refractivity contribution in [1.29, 1.82) is 0 Å². The van der Waals surface area contributed by atoms with Gasteiger partial charge in [0, 0.05) is 19.3 Å². The molecule has 0 fully saturated rings. The number of para-hydroxylation sites is 1. The molecular formula is C19H16FN5O. The Balaban J connectivity index is 1.49. The average molecular weight is 349 g/mol. The molecule has 0 atom stereocenters. The highest BCUT2D eigenvalue weighted by atomic mass is 19.1. The minimum absolute atomic E-state index is 0.226. The first kappa shape index (κ1) is 16.0. The summed E-state index contributed by atoms with van der Waals surface area (Å²) >= 11 is 0. The van der Waals surface area contributed by atoms with Crippen molar-refractivity contribution in [2.75, 3.05) is 0 Å². The molecule has 130 valence electrons. The number of aromatic nitrogens is 4. The van der Waals surface area contributed by atoms with E-state index in [1.165, 1.54) is 12.1 Å². The smallest absolute Gasteiger partial charge is 0.272 e. The number of rotatable bonds is 4. The summed E-state index contributed by atoms with van der Waals surface area (Å²) in [6.07, 6.45) is 1.74. The minimum atomic E-state index is -0.336. The summed E-state index contributed by atoms with van der Waals surface area (Å²) in [5.41, 5.74) is 2.57. The first-order valence-corrected chi connectivity index (χ1v) is 8.12. The molecule has 0 aliphatic carbocycles. The van der Waals surface area contributed by atoms with Gasteiger partial charge < -0.3 is 9.88 Å². The Hall–Kier alpha value is -3.48. The summed E-state index contributed by atoms with van der Waals surface area (Å²) < 4.78 is 16.8. The van der Waals surface area contributed by atoms with Crippen molar-refractivity contribution in [1.82, 2.24) is 24.6 Å². The van der Waals surface area contributed by atoms with Gasteiger partial charge in [-0.2, -0.15) is 5.10 Å². The molecule has 0 aliphatic heterocycles. The number of nitrogens with one attached hydrogen (secondary N) is 1. The van der Waals surface area contributed by atoms with Crippen LogP contribution >= 0.6 is 0 Å². The van der Waals surface area contributed by atoms with E-state index in [1.54, 1.807) is 23.0 Å². The second-order valence-corrected chi connectivity index (χ2v) is 5.88. The summed E-state index contributed by atoms with van der Waals surface area (Å²) in [4.78, 5) is 16.7. The van der Waals surface area contributed by atoms with Gasteiger partial charge in [-0.3, -0.25) is 4.79 Å². The van der Waals surface area contributed by atoms with Gasteiger partial charge in [0.05, 0.1) is 23.3 Å². The van der Waals surface area contributed by atoms with Gasteiger partial charge in [0.15, 0.2) is 5.69 Å². The Labute approximate surface area is 148 Å². The molecule has 7 heteroatoms. The van der Waals surface area contributed by atoms with Crippen molar-refractivity contribution in [2.45, 2.75) is 6.54 Å². The molecule has 0 radical (unpaired) electrons. The maximum atomic E-state index is 13.3. The fourth-order valence-electron chi connectivity index (χ4n) is 2.80. The van der Waals surface area contributed by atoms with Crippen molar-refractivity contribution < 1.29 is 9.18 Å². The summed E-state index contributed by atoms with van der Waals surface area (Å²) in [5, 5.41) is 7.10. The first-order valence-electron chi connectivity index (χ1n) is 8.12. The van der Waals surface area contributed by atoms with Crippen LogP contribution in [0, 0.1) is 5.82 Å². The van der Waals surface area contributed by atoms with Gasteiger partial charge in [-0.1, -0.05) is 18.2 Å². The molecule has 0 saturated carbocycles. The lowest BCUT2D eigenvalue weighted by molar-refractivity contribution is 0.0944. The number of hydrogen-bond acceptors (Lipinski definition) is 3. The Morgan fingerprint density at radius 3 is 2.77 bits per heavy atom. The summed E-state index contributed by atoms with van der Waals surface area (Å²) in [7, 11) is 1.83. The molecule has 6 nitrogen and oxygen atoms in total. The zero-order valence-electron chi connectivity index (χ0n) is 14.1. The number of hydrogen-bond donors (Lipinski definition) is 1. The topological polar surface area (TPSA) is 64.7 Å². The molecule has 0 aliphatic rings. The van der Waals surface area contributed by atoms with Crippen molar-refractivity contribution in [3.63, 3.8) is 0 Å². The molecule has 1 N–H and O–H groups in total. The fraction of sp³-hybridized carbons (Fsp3) is 0.105. The molecule has 26 heavy (non-hydrogen) atoms. The van der Waals surface area contributed by atoms with E-state index in [0.29, 0.717) is 17.0 Å². The Bertz CT molecular complexity index is 1080. The largest absolute Gasteiger partial charge is 0.343 e. The van der Waals surface area contributed by atoms with Crippen LogP contribution < -0.4 is 5.32 Å². The number of amides is 1. The van der Waals surface area contributed by atoms with E-state index >= 15 is 0 Å². The lowest BCUT2D eigenvalue weighted by Gasteiger charge is -2.04. The van der Waals surface area contributed by atoms with Gasteiger partial charge in [0.1, 0.15) is 11.6 Å². The standard InChI is InChI=1S/C19H16FN5O/c1-24-17-8-7-13(20)11-16(17)22-18(24)12-21-19(26)15-9-10-25(23-15)14-5-3-2-4-6-14/h2-11H,12H2,1H3,(H,21,26). The van der Waals surface area contributed by atoms with Crippen LogP contribution in [-0.2, 0) is 13.6 Å². The third-order valence-electron chi connectivity index (χ3n) is 4.19.